The molecule has 12 heavy (non-hydrogen) atoms. The van der Waals surface area contributed by atoms with Crippen LogP contribution in [0.5, 0.6) is 0 Å². The first kappa shape index (κ1) is 11.3. The lowest BCUT2D eigenvalue weighted by atomic mass is 10.2. The second-order valence-corrected chi connectivity index (χ2v) is 3.24. The summed E-state index contributed by atoms with van der Waals surface area (Å²) in [6, 6.07) is 0. The molecule has 1 N–H and O–H groups in total. The van der Waals surface area contributed by atoms with Crippen molar-refractivity contribution >= 4 is 17.7 Å². The molecule has 0 fully saturated rings. The third-order valence-corrected chi connectivity index (χ3v) is 1.91. The molecule has 0 aromatic rings. The summed E-state index contributed by atoms with van der Waals surface area (Å²) in [5, 5.41) is 6.41. The summed E-state index contributed by atoms with van der Waals surface area (Å²) in [7, 11) is 0. The zero-order chi connectivity index (χ0) is 9.40. The molecule has 0 saturated carbocycles. The fraction of sp³-hybridized carbons (Fsp3) is 0.444. The molecular weight excluding hydrogens is 170 g/mol. The maximum atomic E-state index is 11.0. The molecule has 0 aliphatic heterocycles. The Hall–Kier alpha value is -0.700. The normalized spacial score (nSPS) is 11.0. The Balaban J connectivity index is 3.74. The third-order valence-electron chi connectivity index (χ3n) is 1.18. The van der Waals surface area contributed by atoms with E-state index in [0.29, 0.717) is 13.0 Å². The Bertz CT molecular complexity index is 187. The molecule has 0 aliphatic rings. The number of hydrogen-bond acceptors (Lipinski definition) is 2. The molecule has 0 radical (unpaired) electrons. The number of thioether (sulfide) groups is 1. The fourth-order valence-electron chi connectivity index (χ4n) is 0.719. The summed E-state index contributed by atoms with van der Waals surface area (Å²) < 4.78 is 0. The van der Waals surface area contributed by atoms with Crippen LogP contribution in [0.1, 0.15) is 20.3 Å². The van der Waals surface area contributed by atoms with Crippen molar-refractivity contribution in [2.45, 2.75) is 20.3 Å². The maximum absolute atomic E-state index is 11.0. The van der Waals surface area contributed by atoms with E-state index in [4.69, 9.17) is 0 Å². The van der Waals surface area contributed by atoms with E-state index in [1.54, 1.807) is 5.41 Å². The topological polar surface area (TPSA) is 29.1 Å². The predicted molar refractivity (Wildman–Crippen MR) is 54.8 cm³/mol. The van der Waals surface area contributed by atoms with Gasteiger partial charge in [0.2, 0.25) is 5.91 Å². The third kappa shape index (κ3) is 6.04. The minimum absolute atomic E-state index is 0.0795. The van der Waals surface area contributed by atoms with E-state index in [1.165, 1.54) is 11.8 Å². The van der Waals surface area contributed by atoms with E-state index in [-0.39, 0.29) is 5.91 Å². The first-order valence-electron chi connectivity index (χ1n) is 3.89. The number of amides is 1. The van der Waals surface area contributed by atoms with Crippen molar-refractivity contribution in [1.82, 2.24) is 5.32 Å². The highest BCUT2D eigenvalue weighted by molar-refractivity contribution is 8.04. The van der Waals surface area contributed by atoms with Gasteiger partial charge in [-0.05, 0) is 24.7 Å². The van der Waals surface area contributed by atoms with Crippen LogP contribution in [0.4, 0.5) is 0 Å². The summed E-state index contributed by atoms with van der Waals surface area (Å²) >= 11 is 1.50. The van der Waals surface area contributed by atoms with Crippen LogP contribution in [0.3, 0.4) is 0 Å². The Kier molecular flexibility index (Phi) is 6.57. The van der Waals surface area contributed by atoms with Gasteiger partial charge in [0.15, 0.2) is 0 Å². The van der Waals surface area contributed by atoms with Gasteiger partial charge in [0, 0.05) is 13.0 Å². The first-order chi connectivity index (χ1) is 5.70. The average Bonchev–Trinajstić information content (AvgIpc) is 2.01. The lowest BCUT2D eigenvalue weighted by molar-refractivity contribution is -0.120. The highest BCUT2D eigenvalue weighted by atomic mass is 32.2. The Morgan fingerprint density at radius 3 is 2.83 bits per heavy atom. The molecule has 0 atom stereocenters. The van der Waals surface area contributed by atoms with Crippen LogP contribution < -0.4 is 5.32 Å². The van der Waals surface area contributed by atoms with Gasteiger partial charge < -0.3 is 5.32 Å². The first-order valence-corrected chi connectivity index (χ1v) is 4.83. The SMILES string of the molecule is C=CS/C=C(\C)CC(=O)NCC. The van der Waals surface area contributed by atoms with Crippen LogP contribution in [-0.2, 0) is 4.79 Å². The van der Waals surface area contributed by atoms with Crippen molar-refractivity contribution < 1.29 is 4.79 Å². The molecule has 0 unspecified atom stereocenters. The molecule has 2 nitrogen and oxygen atoms in total. The Labute approximate surface area is 78.1 Å². The highest BCUT2D eigenvalue weighted by Crippen LogP contribution is 2.09. The lowest BCUT2D eigenvalue weighted by Crippen LogP contribution is -2.22. The zero-order valence-electron chi connectivity index (χ0n) is 7.59. The van der Waals surface area contributed by atoms with Crippen molar-refractivity contribution in [1.29, 1.82) is 0 Å². The van der Waals surface area contributed by atoms with Crippen molar-refractivity contribution in [2.24, 2.45) is 0 Å². The standard InChI is InChI=1S/C9H15NOS/c1-4-10-9(11)6-8(3)7-12-5-2/h5,7H,2,4,6H2,1,3H3,(H,10,11)/b8-7+. The number of hydrogen-bond donors (Lipinski definition) is 1. The minimum atomic E-state index is 0.0795. The number of carbonyl (C=O) groups is 1. The van der Waals surface area contributed by atoms with Gasteiger partial charge in [-0.1, -0.05) is 12.2 Å². The molecule has 0 aromatic carbocycles. The zero-order valence-corrected chi connectivity index (χ0v) is 8.41. The van der Waals surface area contributed by atoms with Gasteiger partial charge in [-0.2, -0.15) is 0 Å². The molecule has 0 aliphatic carbocycles. The summed E-state index contributed by atoms with van der Waals surface area (Å²) in [5.74, 6) is 0.0795. The van der Waals surface area contributed by atoms with Crippen LogP contribution in [0.2, 0.25) is 0 Å². The van der Waals surface area contributed by atoms with Crippen LogP contribution in [0.15, 0.2) is 23.0 Å². The van der Waals surface area contributed by atoms with E-state index < -0.39 is 0 Å². The average molecular weight is 185 g/mol. The number of nitrogens with one attached hydrogen (secondary N) is 1. The Morgan fingerprint density at radius 2 is 2.33 bits per heavy atom. The number of rotatable bonds is 5. The molecule has 68 valence electrons. The summed E-state index contributed by atoms with van der Waals surface area (Å²) in [6.45, 7) is 8.11. The van der Waals surface area contributed by atoms with Crippen molar-refractivity contribution in [3.63, 3.8) is 0 Å². The van der Waals surface area contributed by atoms with Gasteiger partial charge in [0.05, 0.1) is 0 Å². The van der Waals surface area contributed by atoms with E-state index in [9.17, 15) is 4.79 Å². The quantitative estimate of drug-likeness (QED) is 0.712. The van der Waals surface area contributed by atoms with Gasteiger partial charge in [0.1, 0.15) is 0 Å². The van der Waals surface area contributed by atoms with Crippen LogP contribution in [-0.4, -0.2) is 12.5 Å². The molecule has 0 aromatic heterocycles. The van der Waals surface area contributed by atoms with Gasteiger partial charge >= 0.3 is 0 Å². The number of carbonyl (C=O) groups excluding carboxylic acids is 1. The van der Waals surface area contributed by atoms with E-state index in [1.807, 2.05) is 19.3 Å². The molecule has 0 rings (SSSR count). The second kappa shape index (κ2) is 6.98. The minimum Gasteiger partial charge on any atom is -0.356 e. The summed E-state index contributed by atoms with van der Waals surface area (Å²) in [4.78, 5) is 11.0. The van der Waals surface area contributed by atoms with Crippen LogP contribution in [0.25, 0.3) is 0 Å². The van der Waals surface area contributed by atoms with Crippen molar-refractivity contribution in [3.8, 4) is 0 Å². The second-order valence-electron chi connectivity index (χ2n) is 2.40. The van der Waals surface area contributed by atoms with Crippen LogP contribution >= 0.6 is 11.8 Å². The lowest BCUT2D eigenvalue weighted by Gasteiger charge is -2.00. The van der Waals surface area contributed by atoms with Gasteiger partial charge in [0.25, 0.3) is 0 Å². The predicted octanol–water partition coefficient (Wildman–Crippen LogP) is 2.29. The van der Waals surface area contributed by atoms with Gasteiger partial charge in [-0.15, -0.1) is 11.8 Å². The van der Waals surface area contributed by atoms with Gasteiger partial charge in [-0.3, -0.25) is 4.79 Å². The smallest absolute Gasteiger partial charge is 0.224 e. The fourth-order valence-corrected chi connectivity index (χ4v) is 1.13. The molecule has 0 saturated heterocycles. The maximum Gasteiger partial charge on any atom is 0.224 e. The molecule has 3 heteroatoms. The monoisotopic (exact) mass is 185 g/mol. The summed E-state index contributed by atoms with van der Waals surface area (Å²) in [6.07, 6.45) is 0.481. The van der Waals surface area contributed by atoms with E-state index in [2.05, 4.69) is 11.9 Å². The van der Waals surface area contributed by atoms with Crippen molar-refractivity contribution in [3.05, 3.63) is 23.0 Å². The molecular formula is C9H15NOS. The van der Waals surface area contributed by atoms with Crippen molar-refractivity contribution in [2.75, 3.05) is 6.54 Å². The molecule has 0 heterocycles. The van der Waals surface area contributed by atoms with E-state index >= 15 is 0 Å². The largest absolute Gasteiger partial charge is 0.356 e. The molecule has 0 spiro atoms. The highest BCUT2D eigenvalue weighted by Gasteiger charge is 1.98. The van der Waals surface area contributed by atoms with E-state index in [0.717, 1.165) is 5.57 Å². The van der Waals surface area contributed by atoms with Gasteiger partial charge in [-0.25, -0.2) is 0 Å². The van der Waals surface area contributed by atoms with Crippen LogP contribution in [0, 0.1) is 0 Å². The summed E-state index contributed by atoms with van der Waals surface area (Å²) in [5.41, 5.74) is 1.06. The molecule has 1 amide bonds. The Morgan fingerprint density at radius 1 is 1.67 bits per heavy atom. The molecule has 0 bridgehead atoms.